The maximum atomic E-state index is 9.08. The first-order valence-corrected chi connectivity index (χ1v) is 10.7. The van der Waals surface area contributed by atoms with Crippen LogP contribution in [0.15, 0.2) is 59.1 Å². The lowest BCUT2D eigenvalue weighted by Gasteiger charge is -2.18. The van der Waals surface area contributed by atoms with Gasteiger partial charge in [0.05, 0.1) is 15.7 Å². The molecule has 0 spiro atoms. The van der Waals surface area contributed by atoms with E-state index in [1.54, 1.807) is 6.07 Å². The van der Waals surface area contributed by atoms with Crippen molar-refractivity contribution < 1.29 is 4.74 Å². The first kappa shape index (κ1) is 21.0. The first-order valence-electron chi connectivity index (χ1n) is 9.95. The Balaban J connectivity index is 1.54. The number of nitriles is 1. The van der Waals surface area contributed by atoms with E-state index >= 15 is 0 Å². The Labute approximate surface area is 189 Å². The van der Waals surface area contributed by atoms with Gasteiger partial charge >= 0.3 is 0 Å². The van der Waals surface area contributed by atoms with Crippen LogP contribution >= 0.6 is 15.9 Å². The average molecular weight is 476 g/mol. The van der Waals surface area contributed by atoms with Gasteiger partial charge in [-0.15, -0.1) is 5.10 Å². The van der Waals surface area contributed by atoms with Crippen LogP contribution in [0.5, 0.6) is 5.75 Å². The summed E-state index contributed by atoms with van der Waals surface area (Å²) in [7, 11) is 0. The Kier molecular flexibility index (Phi) is 5.75. The van der Waals surface area contributed by atoms with Crippen LogP contribution in [0.2, 0.25) is 0 Å². The van der Waals surface area contributed by atoms with Gasteiger partial charge in [0.15, 0.2) is 0 Å². The molecule has 0 aliphatic carbocycles. The van der Waals surface area contributed by atoms with E-state index in [4.69, 9.17) is 10.00 Å². The third kappa shape index (κ3) is 4.75. The van der Waals surface area contributed by atoms with Gasteiger partial charge < -0.3 is 4.74 Å². The zero-order chi connectivity index (χ0) is 22.0. The Morgan fingerprint density at radius 2 is 1.90 bits per heavy atom. The molecule has 4 aromatic rings. The van der Waals surface area contributed by atoms with Crippen LogP contribution < -0.4 is 4.74 Å². The predicted molar refractivity (Wildman–Crippen MR) is 123 cm³/mol. The second-order valence-corrected chi connectivity index (χ2v) is 9.36. The van der Waals surface area contributed by atoms with E-state index in [1.165, 1.54) is 0 Å². The van der Waals surface area contributed by atoms with Crippen molar-refractivity contribution in [3.63, 3.8) is 0 Å². The van der Waals surface area contributed by atoms with Gasteiger partial charge in [-0.3, -0.25) is 0 Å². The molecule has 2 aromatic heterocycles. The van der Waals surface area contributed by atoms with Crippen molar-refractivity contribution in [1.29, 1.82) is 5.26 Å². The molecule has 6 nitrogen and oxygen atoms in total. The van der Waals surface area contributed by atoms with E-state index in [9.17, 15) is 0 Å². The summed E-state index contributed by atoms with van der Waals surface area (Å²) in [6.45, 7) is 7.70. The molecule has 0 saturated heterocycles. The van der Waals surface area contributed by atoms with Gasteiger partial charge in [-0.25, -0.2) is 9.67 Å². The van der Waals surface area contributed by atoms with Crippen molar-refractivity contribution in [2.24, 2.45) is 5.41 Å². The molecular formula is C24H22BrN5O. The molecule has 4 rings (SSSR count). The van der Waals surface area contributed by atoms with Gasteiger partial charge in [0.2, 0.25) is 0 Å². The zero-order valence-corrected chi connectivity index (χ0v) is 19.2. The number of hydrogen-bond donors (Lipinski definition) is 0. The highest BCUT2D eigenvalue weighted by Gasteiger charge is 2.17. The summed E-state index contributed by atoms with van der Waals surface area (Å²) in [5.74, 6) is 0.713. The van der Waals surface area contributed by atoms with Crippen molar-refractivity contribution in [3.05, 3.63) is 70.3 Å². The Hall–Kier alpha value is -3.24. The molecule has 2 heterocycles. The summed E-state index contributed by atoms with van der Waals surface area (Å²) in [6.07, 6.45) is 0. The largest absolute Gasteiger partial charge is 0.488 e. The summed E-state index contributed by atoms with van der Waals surface area (Å²) >= 11 is 3.63. The second-order valence-electron chi connectivity index (χ2n) is 8.56. The fourth-order valence-electron chi connectivity index (χ4n) is 3.30. The molecule has 0 radical (unpaired) electrons. The lowest BCUT2D eigenvalue weighted by Crippen LogP contribution is -2.16. The van der Waals surface area contributed by atoms with Gasteiger partial charge in [0.25, 0.3) is 0 Å². The van der Waals surface area contributed by atoms with Gasteiger partial charge in [-0.2, -0.15) is 5.26 Å². The molecule has 0 bridgehead atoms. The topological polar surface area (TPSA) is 76.6 Å². The van der Waals surface area contributed by atoms with E-state index < -0.39 is 0 Å². The quantitative estimate of drug-likeness (QED) is 0.367. The maximum absolute atomic E-state index is 9.08. The fraction of sp³-hybridized carbons (Fsp3) is 0.250. The number of aromatic nitrogens is 4. The maximum Gasteiger partial charge on any atom is 0.141 e. The van der Waals surface area contributed by atoms with Gasteiger partial charge in [0, 0.05) is 12.1 Å². The SMILES string of the molecule is CC(C)(C)Cn1nnc2c(Br)c(OCc3cccc(-c4cccc(C#N)n4)c3)ccc21. The Morgan fingerprint density at radius 3 is 2.68 bits per heavy atom. The lowest BCUT2D eigenvalue weighted by atomic mass is 9.97. The average Bonchev–Trinajstić information content (AvgIpc) is 3.15. The zero-order valence-electron chi connectivity index (χ0n) is 17.6. The van der Waals surface area contributed by atoms with E-state index in [2.05, 4.69) is 58.1 Å². The third-order valence-electron chi connectivity index (χ3n) is 4.70. The van der Waals surface area contributed by atoms with Crippen molar-refractivity contribution in [1.82, 2.24) is 20.0 Å². The van der Waals surface area contributed by atoms with E-state index in [0.29, 0.717) is 18.1 Å². The van der Waals surface area contributed by atoms with E-state index in [1.807, 2.05) is 53.2 Å². The molecule has 0 unspecified atom stereocenters. The number of nitrogens with zero attached hydrogens (tertiary/aromatic N) is 5. The van der Waals surface area contributed by atoms with E-state index in [0.717, 1.165) is 38.9 Å². The lowest BCUT2D eigenvalue weighted by molar-refractivity contribution is 0.304. The molecule has 2 aromatic carbocycles. The molecule has 31 heavy (non-hydrogen) atoms. The monoisotopic (exact) mass is 475 g/mol. The minimum Gasteiger partial charge on any atom is -0.488 e. The smallest absolute Gasteiger partial charge is 0.141 e. The summed E-state index contributed by atoms with van der Waals surface area (Å²) in [4.78, 5) is 4.37. The molecule has 0 aliphatic heterocycles. The summed E-state index contributed by atoms with van der Waals surface area (Å²) in [5.41, 5.74) is 4.97. The van der Waals surface area contributed by atoms with Crippen molar-refractivity contribution in [2.45, 2.75) is 33.9 Å². The van der Waals surface area contributed by atoms with Crippen LogP contribution in [-0.4, -0.2) is 20.0 Å². The van der Waals surface area contributed by atoms with Crippen LogP contribution in [-0.2, 0) is 13.2 Å². The number of ether oxygens (including phenoxy) is 1. The van der Waals surface area contributed by atoms with Gasteiger partial charge in [-0.05, 0) is 57.2 Å². The number of benzene rings is 2. The predicted octanol–water partition coefficient (Wildman–Crippen LogP) is 5.75. The van der Waals surface area contributed by atoms with E-state index in [-0.39, 0.29) is 5.41 Å². The van der Waals surface area contributed by atoms with Crippen molar-refractivity contribution >= 4 is 27.0 Å². The van der Waals surface area contributed by atoms with Crippen molar-refractivity contribution in [2.75, 3.05) is 0 Å². The molecule has 0 atom stereocenters. The molecule has 0 amide bonds. The standard InChI is InChI=1S/C24H22BrN5O/c1-24(2,3)15-30-20-10-11-21(22(25)23(20)28-29-30)31-14-16-6-4-7-17(12-16)19-9-5-8-18(13-26)27-19/h4-12H,14-15H2,1-3H3. The normalized spacial score (nSPS) is 11.5. The molecule has 0 N–H and O–H groups in total. The van der Waals surface area contributed by atoms with Crippen molar-refractivity contribution in [3.8, 4) is 23.1 Å². The molecule has 156 valence electrons. The molecule has 7 heteroatoms. The molecule has 0 fully saturated rings. The summed E-state index contributed by atoms with van der Waals surface area (Å²) in [5, 5.41) is 17.7. The number of hydrogen-bond acceptors (Lipinski definition) is 5. The highest BCUT2D eigenvalue weighted by atomic mass is 79.9. The number of rotatable bonds is 5. The number of pyridine rings is 1. The van der Waals surface area contributed by atoms with Crippen LogP contribution in [0.1, 0.15) is 32.0 Å². The number of halogens is 1. The minimum absolute atomic E-state index is 0.106. The molecule has 0 aliphatic rings. The van der Waals surface area contributed by atoms with Gasteiger partial charge in [0.1, 0.15) is 29.6 Å². The second kappa shape index (κ2) is 8.48. The summed E-state index contributed by atoms with van der Waals surface area (Å²) < 4.78 is 8.80. The van der Waals surface area contributed by atoms with Crippen LogP contribution in [0, 0.1) is 16.7 Å². The highest BCUT2D eigenvalue weighted by molar-refractivity contribution is 9.10. The molecular weight excluding hydrogens is 454 g/mol. The molecule has 0 saturated carbocycles. The Morgan fingerprint density at radius 1 is 1.10 bits per heavy atom. The summed E-state index contributed by atoms with van der Waals surface area (Å²) in [6, 6.07) is 19.4. The number of fused-ring (bicyclic) bond motifs is 1. The third-order valence-corrected chi connectivity index (χ3v) is 5.46. The van der Waals surface area contributed by atoms with Crippen LogP contribution in [0.4, 0.5) is 0 Å². The van der Waals surface area contributed by atoms with Gasteiger partial charge in [-0.1, -0.05) is 50.3 Å². The Bertz CT molecular complexity index is 1280. The highest BCUT2D eigenvalue weighted by Crippen LogP contribution is 2.33. The van der Waals surface area contributed by atoms with Crippen LogP contribution in [0.25, 0.3) is 22.3 Å². The fourth-order valence-corrected chi connectivity index (χ4v) is 3.83. The minimum atomic E-state index is 0.106. The van der Waals surface area contributed by atoms with Crippen LogP contribution in [0.3, 0.4) is 0 Å². The first-order chi connectivity index (χ1) is 14.8.